The summed E-state index contributed by atoms with van der Waals surface area (Å²) in [5.74, 6) is 0.697. The number of hydrogen-bond donors (Lipinski definition) is 1. The topological polar surface area (TPSA) is 37.8 Å². The number of aryl methyl sites for hydroxylation is 1. The molecule has 1 aromatic heterocycles. The molecule has 0 aliphatic carbocycles. The molecule has 0 aliphatic rings. The van der Waals surface area contributed by atoms with E-state index in [4.69, 9.17) is 0 Å². The predicted molar refractivity (Wildman–Crippen MR) is 84.0 cm³/mol. The fourth-order valence-corrected chi connectivity index (χ4v) is 2.16. The van der Waals surface area contributed by atoms with Gasteiger partial charge in [-0.1, -0.05) is 26.0 Å². The zero-order valence-corrected chi connectivity index (χ0v) is 12.9. The third-order valence-corrected chi connectivity index (χ3v) is 3.68. The molecular weight excluding hydrogens is 265 g/mol. The minimum Gasteiger partial charge on any atom is -0.367 e. The summed E-state index contributed by atoms with van der Waals surface area (Å²) in [6.07, 6.45) is 5.68. The number of benzene rings is 1. The van der Waals surface area contributed by atoms with Crippen LogP contribution in [-0.2, 0) is 12.8 Å². The van der Waals surface area contributed by atoms with Crippen molar-refractivity contribution >= 4 is 5.82 Å². The van der Waals surface area contributed by atoms with Crippen molar-refractivity contribution in [3.63, 3.8) is 0 Å². The van der Waals surface area contributed by atoms with E-state index in [2.05, 4.69) is 29.1 Å². The highest BCUT2D eigenvalue weighted by molar-refractivity contribution is 5.45. The second-order valence-electron chi connectivity index (χ2n) is 5.31. The Kier molecular flexibility index (Phi) is 5.26. The fourth-order valence-electron chi connectivity index (χ4n) is 2.16. The lowest BCUT2D eigenvalue weighted by molar-refractivity contribution is 0.610. The largest absolute Gasteiger partial charge is 0.367 e. The smallest absolute Gasteiger partial charge is 0.133 e. The number of halogens is 1. The summed E-state index contributed by atoms with van der Waals surface area (Å²) in [5, 5.41) is 3.37. The Labute approximate surface area is 125 Å². The highest BCUT2D eigenvalue weighted by Gasteiger charge is 2.09. The van der Waals surface area contributed by atoms with Gasteiger partial charge in [-0.15, -0.1) is 0 Å². The molecule has 2 aromatic rings. The van der Waals surface area contributed by atoms with Gasteiger partial charge in [-0.3, -0.25) is 0 Å². The van der Waals surface area contributed by atoms with Crippen molar-refractivity contribution < 1.29 is 4.39 Å². The van der Waals surface area contributed by atoms with Crippen LogP contribution >= 0.6 is 0 Å². The third kappa shape index (κ3) is 4.00. The number of anilines is 1. The molecule has 0 saturated heterocycles. The highest BCUT2D eigenvalue weighted by Crippen LogP contribution is 2.19. The summed E-state index contributed by atoms with van der Waals surface area (Å²) >= 11 is 0. The molecule has 0 saturated carbocycles. The summed E-state index contributed by atoms with van der Waals surface area (Å²) in [5.41, 5.74) is 2.68. The van der Waals surface area contributed by atoms with E-state index >= 15 is 0 Å². The van der Waals surface area contributed by atoms with Crippen LogP contribution in [0.3, 0.4) is 0 Å². The quantitative estimate of drug-likeness (QED) is 0.873. The summed E-state index contributed by atoms with van der Waals surface area (Å²) in [6.45, 7) is 6.19. The molecule has 1 aromatic carbocycles. The molecule has 1 N–H and O–H groups in total. The van der Waals surface area contributed by atoms with Gasteiger partial charge in [0, 0.05) is 24.2 Å². The zero-order chi connectivity index (χ0) is 15.2. The third-order valence-electron chi connectivity index (χ3n) is 3.68. The first kappa shape index (κ1) is 15.4. The maximum Gasteiger partial charge on any atom is 0.133 e. The number of hydrogen-bond acceptors (Lipinski definition) is 3. The van der Waals surface area contributed by atoms with Crippen molar-refractivity contribution in [2.75, 3.05) is 5.32 Å². The molecule has 4 heteroatoms. The van der Waals surface area contributed by atoms with E-state index < -0.39 is 0 Å². The van der Waals surface area contributed by atoms with Crippen molar-refractivity contribution in [1.82, 2.24) is 9.97 Å². The van der Waals surface area contributed by atoms with Crippen molar-refractivity contribution in [3.8, 4) is 0 Å². The van der Waals surface area contributed by atoms with Crippen LogP contribution in [0.2, 0.25) is 0 Å². The van der Waals surface area contributed by atoms with Crippen LogP contribution in [0.15, 0.2) is 30.7 Å². The number of aromatic nitrogens is 2. The van der Waals surface area contributed by atoms with E-state index in [0.717, 1.165) is 28.9 Å². The molecule has 112 valence electrons. The number of nitrogens with one attached hydrogen (secondary N) is 1. The Balaban J connectivity index is 2.21. The maximum atomic E-state index is 13.9. The Morgan fingerprint density at radius 2 is 2.05 bits per heavy atom. The average molecular weight is 287 g/mol. The molecular formula is C17H22FN3. The molecule has 0 radical (unpaired) electrons. The van der Waals surface area contributed by atoms with Crippen LogP contribution in [0.25, 0.3) is 0 Å². The summed E-state index contributed by atoms with van der Waals surface area (Å²) < 4.78 is 13.9. The minimum absolute atomic E-state index is 0.136. The van der Waals surface area contributed by atoms with Gasteiger partial charge >= 0.3 is 0 Å². The van der Waals surface area contributed by atoms with Crippen molar-refractivity contribution in [2.24, 2.45) is 0 Å². The molecule has 21 heavy (non-hydrogen) atoms. The van der Waals surface area contributed by atoms with Crippen LogP contribution in [0.5, 0.6) is 0 Å². The Hall–Kier alpha value is -1.97. The van der Waals surface area contributed by atoms with Gasteiger partial charge in [0.2, 0.25) is 0 Å². The van der Waals surface area contributed by atoms with Gasteiger partial charge in [0.15, 0.2) is 0 Å². The van der Waals surface area contributed by atoms with E-state index in [1.54, 1.807) is 12.3 Å². The van der Waals surface area contributed by atoms with E-state index in [1.807, 2.05) is 19.1 Å². The van der Waals surface area contributed by atoms with Gasteiger partial charge < -0.3 is 5.32 Å². The molecule has 1 heterocycles. The van der Waals surface area contributed by atoms with E-state index in [9.17, 15) is 4.39 Å². The fraction of sp³-hybridized carbons (Fsp3) is 0.412. The normalized spacial score (nSPS) is 12.2. The lowest BCUT2D eigenvalue weighted by Crippen LogP contribution is -2.16. The molecule has 0 aliphatic heterocycles. The molecule has 3 nitrogen and oxygen atoms in total. The van der Waals surface area contributed by atoms with Gasteiger partial charge in [-0.25, -0.2) is 14.4 Å². The summed E-state index contributed by atoms with van der Waals surface area (Å²) in [4.78, 5) is 8.39. The summed E-state index contributed by atoms with van der Waals surface area (Å²) in [7, 11) is 0. The van der Waals surface area contributed by atoms with Crippen molar-refractivity contribution in [2.45, 2.75) is 46.1 Å². The second-order valence-corrected chi connectivity index (χ2v) is 5.31. The summed E-state index contributed by atoms with van der Waals surface area (Å²) in [6, 6.07) is 5.79. The van der Waals surface area contributed by atoms with Gasteiger partial charge in [0.1, 0.15) is 18.0 Å². The average Bonchev–Trinajstić information content (AvgIpc) is 2.49. The molecule has 0 amide bonds. The van der Waals surface area contributed by atoms with Crippen LogP contribution < -0.4 is 5.32 Å². The van der Waals surface area contributed by atoms with Crippen molar-refractivity contribution in [3.05, 3.63) is 53.2 Å². The number of rotatable bonds is 6. The molecule has 0 bridgehead atoms. The zero-order valence-electron chi connectivity index (χ0n) is 12.9. The maximum absolute atomic E-state index is 13.9. The van der Waals surface area contributed by atoms with Gasteiger partial charge in [0.05, 0.1) is 0 Å². The Morgan fingerprint density at radius 3 is 2.71 bits per heavy atom. The lowest BCUT2D eigenvalue weighted by Gasteiger charge is -2.15. The highest BCUT2D eigenvalue weighted by atomic mass is 19.1. The molecule has 0 spiro atoms. The van der Waals surface area contributed by atoms with E-state index in [0.29, 0.717) is 18.9 Å². The van der Waals surface area contributed by atoms with Crippen LogP contribution in [0.4, 0.5) is 10.2 Å². The van der Waals surface area contributed by atoms with Crippen molar-refractivity contribution in [1.29, 1.82) is 0 Å². The predicted octanol–water partition coefficient (Wildman–Crippen LogP) is 3.98. The molecule has 1 atom stereocenters. The van der Waals surface area contributed by atoms with E-state index in [1.165, 1.54) is 6.33 Å². The first-order valence-corrected chi connectivity index (χ1v) is 7.46. The van der Waals surface area contributed by atoms with Gasteiger partial charge in [-0.2, -0.15) is 0 Å². The standard InChI is InChI=1S/C17H22FN3/c1-4-12(3)21-17-15(10-19-11-20-17)8-13-6-7-14(5-2)16(18)9-13/h6-7,9-12H,4-5,8H2,1-3H3,(H,19,20,21). The van der Waals surface area contributed by atoms with Gasteiger partial charge in [-0.05, 0) is 37.0 Å². The van der Waals surface area contributed by atoms with Gasteiger partial charge in [0.25, 0.3) is 0 Å². The number of nitrogens with zero attached hydrogens (tertiary/aromatic N) is 2. The lowest BCUT2D eigenvalue weighted by atomic mass is 10.0. The first-order chi connectivity index (χ1) is 10.1. The first-order valence-electron chi connectivity index (χ1n) is 7.46. The van der Waals surface area contributed by atoms with Crippen LogP contribution in [0.1, 0.15) is 43.9 Å². The van der Waals surface area contributed by atoms with Crippen LogP contribution in [0, 0.1) is 5.82 Å². The SMILES string of the molecule is CCc1ccc(Cc2cncnc2NC(C)CC)cc1F. The molecule has 0 fully saturated rings. The molecule has 2 rings (SSSR count). The molecule has 1 unspecified atom stereocenters. The Bertz CT molecular complexity index is 598. The Morgan fingerprint density at radius 1 is 1.24 bits per heavy atom. The minimum atomic E-state index is -0.136. The van der Waals surface area contributed by atoms with E-state index in [-0.39, 0.29) is 5.82 Å². The monoisotopic (exact) mass is 287 g/mol. The second kappa shape index (κ2) is 7.16. The van der Waals surface area contributed by atoms with Crippen LogP contribution in [-0.4, -0.2) is 16.0 Å².